The first kappa shape index (κ1) is 21.9. The number of hydrogen-bond donors (Lipinski definition) is 0. The van der Waals surface area contributed by atoms with Crippen molar-refractivity contribution in [1.82, 2.24) is 0 Å². The molecule has 0 spiro atoms. The van der Waals surface area contributed by atoms with Gasteiger partial charge >= 0.3 is 6.18 Å². The van der Waals surface area contributed by atoms with Gasteiger partial charge in [0, 0.05) is 17.7 Å². The molecule has 3 aromatic carbocycles. The van der Waals surface area contributed by atoms with E-state index in [4.69, 9.17) is 11.6 Å². The lowest BCUT2D eigenvalue weighted by atomic mass is 9.97. The Morgan fingerprint density at radius 2 is 1.77 bits per heavy atom. The summed E-state index contributed by atoms with van der Waals surface area (Å²) in [7, 11) is 0. The summed E-state index contributed by atoms with van der Waals surface area (Å²) in [4.78, 5) is 0.0166. The first-order valence-electron chi connectivity index (χ1n) is 9.29. The minimum atomic E-state index is -4.55. The quantitative estimate of drug-likeness (QED) is 0.239. The molecule has 3 aromatic rings. The SMILES string of the molecule is [O-][S+](c1cccc(C(F)(F)F)c1)N1CCCc2ccc(-c3cc(F)cc(F)c3Cl)cc21. The number of fused-ring (bicyclic) bond motifs is 1. The Bertz CT molecular complexity index is 1140. The van der Waals surface area contributed by atoms with Crippen molar-refractivity contribution < 1.29 is 26.5 Å². The topological polar surface area (TPSA) is 26.3 Å². The van der Waals surface area contributed by atoms with Gasteiger partial charge in [0.2, 0.25) is 0 Å². The molecule has 0 saturated carbocycles. The largest absolute Gasteiger partial charge is 0.588 e. The van der Waals surface area contributed by atoms with Gasteiger partial charge < -0.3 is 4.55 Å². The van der Waals surface area contributed by atoms with Crippen LogP contribution in [0.25, 0.3) is 11.1 Å². The van der Waals surface area contributed by atoms with Gasteiger partial charge in [-0.15, -0.1) is 0 Å². The molecule has 1 heterocycles. The van der Waals surface area contributed by atoms with Gasteiger partial charge in [-0.05, 0) is 48.2 Å². The maximum absolute atomic E-state index is 13.9. The number of anilines is 1. The van der Waals surface area contributed by atoms with Crippen molar-refractivity contribution in [3.8, 4) is 11.1 Å². The van der Waals surface area contributed by atoms with Crippen LogP contribution in [0.2, 0.25) is 5.02 Å². The molecule has 1 aliphatic rings. The number of aryl methyl sites for hydroxylation is 1. The van der Waals surface area contributed by atoms with Gasteiger partial charge in [0.05, 0.1) is 22.8 Å². The lowest BCUT2D eigenvalue weighted by Gasteiger charge is -2.31. The molecule has 9 heteroatoms. The molecular formula is C22H15ClF5NOS. The summed E-state index contributed by atoms with van der Waals surface area (Å²) < 4.78 is 81.5. The van der Waals surface area contributed by atoms with Crippen LogP contribution in [0.1, 0.15) is 17.5 Å². The maximum Gasteiger partial charge on any atom is 0.416 e. The fraction of sp³-hybridized carbons (Fsp3) is 0.182. The lowest BCUT2D eigenvalue weighted by molar-refractivity contribution is -0.137. The average Bonchev–Trinajstić information content (AvgIpc) is 2.74. The second kappa shape index (κ2) is 8.33. The Hall–Kier alpha value is -2.29. The Balaban J connectivity index is 1.75. The molecule has 1 aliphatic heterocycles. The van der Waals surface area contributed by atoms with Crippen molar-refractivity contribution in [3.63, 3.8) is 0 Å². The smallest absolute Gasteiger partial charge is 0.416 e. The predicted molar refractivity (Wildman–Crippen MR) is 110 cm³/mol. The van der Waals surface area contributed by atoms with E-state index in [9.17, 15) is 26.5 Å². The van der Waals surface area contributed by atoms with E-state index in [-0.39, 0.29) is 15.5 Å². The number of nitrogens with zero attached hydrogens (tertiary/aromatic N) is 1. The first-order chi connectivity index (χ1) is 14.6. The number of hydrogen-bond acceptors (Lipinski definition) is 2. The number of alkyl halides is 3. The fourth-order valence-electron chi connectivity index (χ4n) is 3.56. The zero-order valence-corrected chi connectivity index (χ0v) is 17.4. The molecule has 0 amide bonds. The van der Waals surface area contributed by atoms with E-state index < -0.39 is 34.7 Å². The molecule has 162 valence electrons. The highest BCUT2D eigenvalue weighted by atomic mass is 35.5. The molecule has 0 aliphatic carbocycles. The summed E-state index contributed by atoms with van der Waals surface area (Å²) in [5.74, 6) is -1.70. The van der Waals surface area contributed by atoms with E-state index in [0.29, 0.717) is 36.7 Å². The highest BCUT2D eigenvalue weighted by molar-refractivity contribution is 7.92. The van der Waals surface area contributed by atoms with Crippen LogP contribution in [-0.2, 0) is 24.0 Å². The van der Waals surface area contributed by atoms with Gasteiger partial charge in [-0.2, -0.15) is 17.5 Å². The van der Waals surface area contributed by atoms with Crippen molar-refractivity contribution >= 4 is 28.7 Å². The minimum absolute atomic E-state index is 0.0166. The van der Waals surface area contributed by atoms with Crippen molar-refractivity contribution in [2.75, 3.05) is 10.8 Å². The van der Waals surface area contributed by atoms with Crippen molar-refractivity contribution in [2.45, 2.75) is 23.9 Å². The van der Waals surface area contributed by atoms with Gasteiger partial charge in [-0.1, -0.05) is 29.8 Å². The van der Waals surface area contributed by atoms with Crippen molar-refractivity contribution in [1.29, 1.82) is 0 Å². The van der Waals surface area contributed by atoms with Crippen LogP contribution in [-0.4, -0.2) is 11.1 Å². The summed E-state index contributed by atoms with van der Waals surface area (Å²) in [5.41, 5.74) is 1.03. The molecule has 1 atom stereocenters. The average molecular weight is 472 g/mol. The van der Waals surface area contributed by atoms with E-state index in [1.54, 1.807) is 18.2 Å². The Kier molecular flexibility index (Phi) is 5.89. The van der Waals surface area contributed by atoms with Crippen LogP contribution in [0.4, 0.5) is 27.6 Å². The standard InChI is InChI=1S/C22H15ClF5NOS/c23-21-18(11-16(24)12-19(21)25)14-7-6-13-3-2-8-29(20(13)9-14)31(30)17-5-1-4-15(10-17)22(26,27)28/h1,4-7,9-12H,2-3,8H2. The van der Waals surface area contributed by atoms with Gasteiger partial charge in [-0.25, -0.2) is 8.78 Å². The maximum atomic E-state index is 13.9. The zero-order valence-electron chi connectivity index (χ0n) is 15.8. The van der Waals surface area contributed by atoms with E-state index in [0.717, 1.165) is 23.8 Å². The van der Waals surface area contributed by atoms with Gasteiger partial charge in [0.25, 0.3) is 0 Å². The van der Waals surface area contributed by atoms with Crippen LogP contribution in [0.5, 0.6) is 0 Å². The Morgan fingerprint density at radius 3 is 2.52 bits per heavy atom. The van der Waals surface area contributed by atoms with Crippen LogP contribution in [0.3, 0.4) is 0 Å². The number of benzene rings is 3. The predicted octanol–water partition coefficient (Wildman–Crippen LogP) is 6.78. The van der Waals surface area contributed by atoms with E-state index in [1.807, 2.05) is 0 Å². The van der Waals surface area contributed by atoms with E-state index in [2.05, 4.69) is 0 Å². The third kappa shape index (κ3) is 4.37. The molecule has 0 radical (unpaired) electrons. The molecule has 0 saturated heterocycles. The lowest BCUT2D eigenvalue weighted by Crippen LogP contribution is -2.35. The van der Waals surface area contributed by atoms with Crippen LogP contribution >= 0.6 is 11.6 Å². The molecule has 0 N–H and O–H groups in total. The molecule has 0 fully saturated rings. The minimum Gasteiger partial charge on any atom is -0.588 e. The molecule has 4 rings (SSSR count). The fourth-order valence-corrected chi connectivity index (χ4v) is 5.09. The van der Waals surface area contributed by atoms with Gasteiger partial charge in [-0.3, -0.25) is 0 Å². The van der Waals surface area contributed by atoms with Gasteiger partial charge in [0.1, 0.15) is 23.0 Å². The van der Waals surface area contributed by atoms with Crippen molar-refractivity contribution in [2.24, 2.45) is 0 Å². The summed E-state index contributed by atoms with van der Waals surface area (Å²) in [6, 6.07) is 11.2. The van der Waals surface area contributed by atoms with Crippen molar-refractivity contribution in [3.05, 3.63) is 82.4 Å². The molecule has 0 aromatic heterocycles. The molecule has 2 nitrogen and oxygen atoms in total. The summed E-state index contributed by atoms with van der Waals surface area (Å²) >= 11 is 4.11. The Morgan fingerprint density at radius 1 is 1.00 bits per heavy atom. The number of rotatable bonds is 3. The zero-order chi connectivity index (χ0) is 22.3. The summed E-state index contributed by atoms with van der Waals surface area (Å²) in [5, 5.41) is -0.247. The summed E-state index contributed by atoms with van der Waals surface area (Å²) in [6.07, 6.45) is -3.21. The molecule has 0 bridgehead atoms. The number of halogens is 6. The monoisotopic (exact) mass is 471 g/mol. The second-order valence-corrected chi connectivity index (χ2v) is 8.86. The van der Waals surface area contributed by atoms with E-state index >= 15 is 0 Å². The third-order valence-corrected chi connectivity index (χ3v) is 6.85. The second-order valence-electron chi connectivity index (χ2n) is 7.07. The Labute approximate surface area is 183 Å². The molecule has 31 heavy (non-hydrogen) atoms. The summed E-state index contributed by atoms with van der Waals surface area (Å²) in [6.45, 7) is 0.352. The van der Waals surface area contributed by atoms with E-state index in [1.165, 1.54) is 16.4 Å². The molecular weight excluding hydrogens is 457 g/mol. The highest BCUT2D eigenvalue weighted by Gasteiger charge is 2.34. The normalized spacial score (nSPS) is 15.0. The van der Waals surface area contributed by atoms with Gasteiger partial charge in [0.15, 0.2) is 4.90 Å². The highest BCUT2D eigenvalue weighted by Crippen LogP contribution is 2.39. The third-order valence-electron chi connectivity index (χ3n) is 5.03. The first-order valence-corrected chi connectivity index (χ1v) is 10.8. The van der Waals surface area contributed by atoms with Crippen LogP contribution < -0.4 is 4.31 Å². The van der Waals surface area contributed by atoms with Crippen LogP contribution in [0, 0.1) is 11.6 Å². The molecule has 1 unspecified atom stereocenters. The van der Waals surface area contributed by atoms with Crippen LogP contribution in [0.15, 0.2) is 59.5 Å².